The van der Waals surface area contributed by atoms with Gasteiger partial charge in [-0.1, -0.05) is 189 Å². The lowest BCUT2D eigenvalue weighted by Gasteiger charge is -2.31. The monoisotopic (exact) mass is 703 g/mol. The Morgan fingerprint density at radius 2 is 0.982 bits per heavy atom. The van der Waals surface area contributed by atoms with Crippen LogP contribution in [0.3, 0.4) is 0 Å². The molecule has 0 aliphatic heterocycles. The molecule has 0 spiro atoms. The van der Waals surface area contributed by atoms with Crippen LogP contribution in [0.25, 0.3) is 89.8 Å². The van der Waals surface area contributed by atoms with Crippen molar-refractivity contribution in [2.45, 2.75) is 13.3 Å². The Labute approximate surface area is 321 Å². The van der Waals surface area contributed by atoms with E-state index in [-0.39, 0.29) is 5.41 Å². The van der Waals surface area contributed by atoms with Gasteiger partial charge in [-0.3, -0.25) is 0 Å². The number of hydrogen-bond donors (Lipinski definition) is 0. The first-order chi connectivity index (χ1) is 27.1. The minimum atomic E-state index is -0.0511. The third kappa shape index (κ3) is 6.00. The Hall–Kier alpha value is -6.97. The number of nitrogens with zero attached hydrogens (tertiary/aromatic N) is 3. The molecule has 3 nitrogen and oxygen atoms in total. The third-order valence-corrected chi connectivity index (χ3v) is 11.1. The molecule has 10 rings (SSSR count). The molecule has 0 fully saturated rings. The average molecular weight is 704 g/mol. The second-order valence-corrected chi connectivity index (χ2v) is 14.6. The zero-order chi connectivity index (χ0) is 36.8. The molecule has 260 valence electrons. The van der Waals surface area contributed by atoms with Crippen molar-refractivity contribution >= 4 is 22.6 Å². The van der Waals surface area contributed by atoms with E-state index in [1.54, 1.807) is 0 Å². The zero-order valence-electron chi connectivity index (χ0n) is 30.5. The van der Waals surface area contributed by atoms with E-state index in [1.165, 1.54) is 33.0 Å². The molecule has 2 aromatic heterocycles. The highest BCUT2D eigenvalue weighted by atomic mass is 14.9. The smallest absolute Gasteiger partial charge is 0.160 e. The van der Waals surface area contributed by atoms with Crippen LogP contribution in [0.2, 0.25) is 0 Å². The fraction of sp³-hybridized carbons (Fsp3) is 0.0577. The SMILES string of the molecule is CC12C=CC=CC1=c1nc3ccccc3c(-c3ccc(-c4cc(-c5ccc(-c6ccccc6)cc5)nc(-c5ccc(-c6ccccc6)cc5)n4)cc3)c1=CC2. The molecule has 1 atom stereocenters. The van der Waals surface area contributed by atoms with Crippen LogP contribution in [0.4, 0.5) is 0 Å². The van der Waals surface area contributed by atoms with Gasteiger partial charge in [-0.25, -0.2) is 15.0 Å². The zero-order valence-corrected chi connectivity index (χ0v) is 30.5. The van der Waals surface area contributed by atoms with Crippen LogP contribution in [0, 0.1) is 5.41 Å². The number of fused-ring (bicyclic) bond motifs is 3. The molecule has 0 N–H and O–H groups in total. The van der Waals surface area contributed by atoms with Crippen LogP contribution < -0.4 is 10.6 Å². The fourth-order valence-electron chi connectivity index (χ4n) is 8.07. The molecule has 55 heavy (non-hydrogen) atoms. The Morgan fingerprint density at radius 3 is 1.60 bits per heavy atom. The van der Waals surface area contributed by atoms with Crippen molar-refractivity contribution in [3.05, 3.63) is 199 Å². The molecule has 3 heteroatoms. The van der Waals surface area contributed by atoms with Crippen molar-refractivity contribution in [2.75, 3.05) is 0 Å². The van der Waals surface area contributed by atoms with E-state index in [4.69, 9.17) is 15.0 Å². The average Bonchev–Trinajstić information content (AvgIpc) is 3.26. The van der Waals surface area contributed by atoms with E-state index >= 15 is 0 Å². The first kappa shape index (κ1) is 32.7. The summed E-state index contributed by atoms with van der Waals surface area (Å²) in [5.41, 5.74) is 14.2. The molecule has 0 saturated carbocycles. The first-order valence-corrected chi connectivity index (χ1v) is 18.9. The van der Waals surface area contributed by atoms with Crippen LogP contribution in [0.5, 0.6) is 0 Å². The minimum Gasteiger partial charge on any atom is -0.247 e. The van der Waals surface area contributed by atoms with E-state index in [9.17, 15) is 0 Å². The number of allylic oxidation sites excluding steroid dienone is 4. The third-order valence-electron chi connectivity index (χ3n) is 11.1. The summed E-state index contributed by atoms with van der Waals surface area (Å²) in [6.07, 6.45) is 12.2. The van der Waals surface area contributed by atoms with Crippen LogP contribution >= 0.6 is 0 Å². The number of hydrogen-bond acceptors (Lipinski definition) is 3. The van der Waals surface area contributed by atoms with Crippen LogP contribution in [0.15, 0.2) is 188 Å². The quantitative estimate of drug-likeness (QED) is 0.173. The second-order valence-electron chi connectivity index (χ2n) is 14.6. The van der Waals surface area contributed by atoms with Gasteiger partial charge in [-0.15, -0.1) is 0 Å². The van der Waals surface area contributed by atoms with Crippen molar-refractivity contribution < 1.29 is 0 Å². The summed E-state index contributed by atoms with van der Waals surface area (Å²) in [5, 5.41) is 3.45. The van der Waals surface area contributed by atoms with Gasteiger partial charge in [-0.05, 0) is 51.9 Å². The number of pyridine rings is 1. The summed E-state index contributed by atoms with van der Waals surface area (Å²) in [5.74, 6) is 0.696. The summed E-state index contributed by atoms with van der Waals surface area (Å²) in [6.45, 7) is 2.31. The lowest BCUT2D eigenvalue weighted by atomic mass is 9.73. The van der Waals surface area contributed by atoms with Crippen LogP contribution in [0.1, 0.15) is 13.3 Å². The molecule has 2 heterocycles. The minimum absolute atomic E-state index is 0.0511. The van der Waals surface area contributed by atoms with Gasteiger partial charge in [0.2, 0.25) is 0 Å². The molecule has 0 bridgehead atoms. The van der Waals surface area contributed by atoms with Gasteiger partial charge in [0.15, 0.2) is 5.82 Å². The standard InChI is InChI=1S/C52H37N3/c1-52-32-11-10-17-45(52)50-44(31-33-52)49(43-16-8-9-18-46(43)53-50)41-27-25-40(26-28-41)48-34-47(39-23-19-37(20-24-39)35-12-4-2-5-13-35)54-51(55-48)42-29-21-38(22-30-42)36-14-6-3-7-15-36/h2-32,34H,33H2,1H3. The number of para-hydroxylation sites is 1. The molecule has 1 unspecified atom stereocenters. The van der Waals surface area contributed by atoms with Gasteiger partial charge in [0, 0.05) is 38.3 Å². The van der Waals surface area contributed by atoms with E-state index in [0.717, 1.165) is 61.9 Å². The van der Waals surface area contributed by atoms with Gasteiger partial charge >= 0.3 is 0 Å². The van der Waals surface area contributed by atoms with Crippen molar-refractivity contribution in [2.24, 2.45) is 5.41 Å². The lowest BCUT2D eigenvalue weighted by molar-refractivity contribution is 0.588. The highest BCUT2D eigenvalue weighted by Gasteiger charge is 2.29. The van der Waals surface area contributed by atoms with E-state index in [1.807, 2.05) is 12.1 Å². The maximum absolute atomic E-state index is 5.25. The van der Waals surface area contributed by atoms with Crippen molar-refractivity contribution in [1.29, 1.82) is 0 Å². The Kier molecular flexibility index (Phi) is 8.00. The Bertz CT molecular complexity index is 2810. The molecule has 6 aromatic carbocycles. The maximum Gasteiger partial charge on any atom is 0.160 e. The molecule has 2 aliphatic rings. The number of aromatic nitrogens is 3. The van der Waals surface area contributed by atoms with Crippen molar-refractivity contribution in [3.8, 4) is 67.3 Å². The summed E-state index contributed by atoms with van der Waals surface area (Å²) in [4.78, 5) is 15.6. The van der Waals surface area contributed by atoms with Gasteiger partial charge in [0.25, 0.3) is 0 Å². The lowest BCUT2D eigenvalue weighted by Crippen LogP contribution is -2.40. The fourth-order valence-corrected chi connectivity index (χ4v) is 8.07. The highest BCUT2D eigenvalue weighted by Crippen LogP contribution is 2.39. The first-order valence-electron chi connectivity index (χ1n) is 18.9. The number of rotatable bonds is 6. The Morgan fingerprint density at radius 1 is 0.473 bits per heavy atom. The normalized spacial score (nSPS) is 15.7. The summed E-state index contributed by atoms with van der Waals surface area (Å²) >= 11 is 0. The summed E-state index contributed by atoms with van der Waals surface area (Å²) in [7, 11) is 0. The van der Waals surface area contributed by atoms with E-state index < -0.39 is 0 Å². The van der Waals surface area contributed by atoms with Crippen LogP contribution in [-0.2, 0) is 0 Å². The van der Waals surface area contributed by atoms with Gasteiger partial charge in [-0.2, -0.15) is 0 Å². The second kappa shape index (κ2) is 13.5. The molecule has 2 aliphatic carbocycles. The Balaban J connectivity index is 1.09. The molecular formula is C52H37N3. The van der Waals surface area contributed by atoms with E-state index in [0.29, 0.717) is 5.82 Å². The molecule has 0 saturated heterocycles. The number of benzene rings is 6. The van der Waals surface area contributed by atoms with Crippen molar-refractivity contribution in [1.82, 2.24) is 15.0 Å². The van der Waals surface area contributed by atoms with Crippen molar-refractivity contribution in [3.63, 3.8) is 0 Å². The maximum atomic E-state index is 5.25. The molecule has 0 amide bonds. The molecule has 0 radical (unpaired) electrons. The van der Waals surface area contributed by atoms with E-state index in [2.05, 4.69) is 189 Å². The molecular weight excluding hydrogens is 667 g/mol. The molecule has 8 aromatic rings. The largest absolute Gasteiger partial charge is 0.247 e. The van der Waals surface area contributed by atoms with Gasteiger partial charge in [0.1, 0.15) is 0 Å². The predicted molar refractivity (Wildman–Crippen MR) is 228 cm³/mol. The van der Waals surface area contributed by atoms with Gasteiger partial charge < -0.3 is 0 Å². The highest BCUT2D eigenvalue weighted by molar-refractivity contribution is 5.96. The summed E-state index contributed by atoms with van der Waals surface area (Å²) < 4.78 is 0. The topological polar surface area (TPSA) is 38.7 Å². The van der Waals surface area contributed by atoms with Gasteiger partial charge in [0.05, 0.1) is 22.3 Å². The van der Waals surface area contributed by atoms with Crippen LogP contribution in [-0.4, -0.2) is 15.0 Å². The summed E-state index contributed by atoms with van der Waals surface area (Å²) in [6, 6.07) is 57.7. The predicted octanol–water partition coefficient (Wildman–Crippen LogP) is 11.5.